The minimum absolute atomic E-state index is 0.201. The Labute approximate surface area is 103 Å². The summed E-state index contributed by atoms with van der Waals surface area (Å²) in [6.07, 6.45) is 1.50. The number of hydrogen-bond acceptors (Lipinski definition) is 3. The smallest absolute Gasteiger partial charge is 0.162 e. The van der Waals surface area contributed by atoms with Gasteiger partial charge in [-0.2, -0.15) is 0 Å². The first-order valence-corrected chi connectivity index (χ1v) is 6.04. The van der Waals surface area contributed by atoms with Crippen LogP contribution in [-0.2, 0) is 0 Å². The van der Waals surface area contributed by atoms with Crippen LogP contribution in [0.3, 0.4) is 0 Å². The molecular formula is C14H21NO2. The fraction of sp³-hybridized carbons (Fsp3) is 0.500. The lowest BCUT2D eigenvalue weighted by Crippen LogP contribution is -2.19. The van der Waals surface area contributed by atoms with Crippen LogP contribution in [0.25, 0.3) is 0 Å². The zero-order valence-corrected chi connectivity index (χ0v) is 10.9. The molecule has 0 aliphatic carbocycles. The van der Waals surface area contributed by atoms with Gasteiger partial charge < -0.3 is 9.64 Å². The first-order valence-electron chi connectivity index (χ1n) is 6.04. The van der Waals surface area contributed by atoms with Crippen LogP contribution < -0.4 is 4.74 Å². The van der Waals surface area contributed by atoms with E-state index in [1.165, 1.54) is 0 Å². The molecule has 3 heteroatoms. The Morgan fingerprint density at radius 2 is 1.88 bits per heavy atom. The highest BCUT2D eigenvalue weighted by atomic mass is 16.5. The standard InChI is InChI=1S/C14H21NO2/c1-4-5-14(16)12-6-8-13(9-7-12)17-11-10-15(2)3/h6-9H,4-5,10-11H2,1-3H3. The number of nitrogens with zero attached hydrogens (tertiary/aromatic N) is 1. The summed E-state index contributed by atoms with van der Waals surface area (Å²) >= 11 is 0. The molecule has 0 unspecified atom stereocenters. The van der Waals surface area contributed by atoms with Crippen molar-refractivity contribution in [1.82, 2.24) is 4.90 Å². The van der Waals surface area contributed by atoms with E-state index in [1.54, 1.807) is 0 Å². The minimum Gasteiger partial charge on any atom is -0.492 e. The van der Waals surface area contributed by atoms with Crippen LogP contribution in [-0.4, -0.2) is 37.9 Å². The zero-order valence-electron chi connectivity index (χ0n) is 10.9. The van der Waals surface area contributed by atoms with Crippen molar-refractivity contribution in [2.24, 2.45) is 0 Å². The van der Waals surface area contributed by atoms with E-state index >= 15 is 0 Å². The molecular weight excluding hydrogens is 214 g/mol. The largest absolute Gasteiger partial charge is 0.492 e. The normalized spacial score (nSPS) is 10.6. The molecule has 0 saturated carbocycles. The maximum atomic E-state index is 11.6. The van der Waals surface area contributed by atoms with Gasteiger partial charge in [0.15, 0.2) is 5.78 Å². The number of ketones is 1. The van der Waals surface area contributed by atoms with Crippen LogP contribution in [0.1, 0.15) is 30.1 Å². The molecule has 0 N–H and O–H groups in total. The van der Waals surface area contributed by atoms with E-state index in [2.05, 4.69) is 4.90 Å². The van der Waals surface area contributed by atoms with Gasteiger partial charge in [0, 0.05) is 18.5 Å². The van der Waals surface area contributed by atoms with Crippen molar-refractivity contribution in [3.8, 4) is 5.75 Å². The Kier molecular flexibility index (Phi) is 5.70. The predicted molar refractivity (Wildman–Crippen MR) is 69.7 cm³/mol. The monoisotopic (exact) mass is 235 g/mol. The van der Waals surface area contributed by atoms with Crippen molar-refractivity contribution in [3.05, 3.63) is 29.8 Å². The Morgan fingerprint density at radius 3 is 2.41 bits per heavy atom. The molecule has 1 rings (SSSR count). The quantitative estimate of drug-likeness (QED) is 0.680. The van der Waals surface area contributed by atoms with E-state index < -0.39 is 0 Å². The molecule has 17 heavy (non-hydrogen) atoms. The lowest BCUT2D eigenvalue weighted by atomic mass is 10.1. The number of benzene rings is 1. The number of likely N-dealkylation sites (N-methyl/N-ethyl adjacent to an activating group) is 1. The van der Waals surface area contributed by atoms with Gasteiger partial charge >= 0.3 is 0 Å². The summed E-state index contributed by atoms with van der Waals surface area (Å²) in [7, 11) is 4.02. The van der Waals surface area contributed by atoms with E-state index in [0.29, 0.717) is 13.0 Å². The topological polar surface area (TPSA) is 29.5 Å². The molecule has 94 valence electrons. The summed E-state index contributed by atoms with van der Waals surface area (Å²) in [5.41, 5.74) is 0.770. The lowest BCUT2D eigenvalue weighted by molar-refractivity contribution is 0.0981. The second kappa shape index (κ2) is 7.07. The number of carbonyl (C=O) groups excluding carboxylic acids is 1. The highest BCUT2D eigenvalue weighted by Gasteiger charge is 2.04. The van der Waals surface area contributed by atoms with Gasteiger partial charge in [-0.05, 0) is 44.8 Å². The average Bonchev–Trinajstić information content (AvgIpc) is 2.30. The number of hydrogen-bond donors (Lipinski definition) is 0. The summed E-state index contributed by atoms with van der Waals surface area (Å²) < 4.78 is 5.56. The fourth-order valence-electron chi connectivity index (χ4n) is 1.45. The van der Waals surface area contributed by atoms with Crippen LogP contribution >= 0.6 is 0 Å². The number of Topliss-reactive ketones (excluding diaryl/α,β-unsaturated/α-hetero) is 1. The third-order valence-corrected chi connectivity index (χ3v) is 2.46. The van der Waals surface area contributed by atoms with Crippen LogP contribution in [0.2, 0.25) is 0 Å². The molecule has 0 fully saturated rings. The van der Waals surface area contributed by atoms with Gasteiger partial charge in [0.1, 0.15) is 12.4 Å². The SMILES string of the molecule is CCCC(=O)c1ccc(OCCN(C)C)cc1. The van der Waals surface area contributed by atoms with Gasteiger partial charge in [0.25, 0.3) is 0 Å². The highest BCUT2D eigenvalue weighted by molar-refractivity contribution is 5.96. The van der Waals surface area contributed by atoms with E-state index in [1.807, 2.05) is 45.3 Å². The minimum atomic E-state index is 0.201. The number of carbonyl (C=O) groups is 1. The van der Waals surface area contributed by atoms with Crippen LogP contribution in [0.5, 0.6) is 5.75 Å². The van der Waals surface area contributed by atoms with Gasteiger partial charge in [-0.1, -0.05) is 6.92 Å². The molecule has 3 nitrogen and oxygen atoms in total. The summed E-state index contributed by atoms with van der Waals surface area (Å²) in [5.74, 6) is 1.02. The van der Waals surface area contributed by atoms with Gasteiger partial charge in [-0.15, -0.1) is 0 Å². The Morgan fingerprint density at radius 1 is 1.24 bits per heavy atom. The summed E-state index contributed by atoms with van der Waals surface area (Å²) in [5, 5.41) is 0. The van der Waals surface area contributed by atoms with Gasteiger partial charge in [0.2, 0.25) is 0 Å². The van der Waals surface area contributed by atoms with Crippen molar-refractivity contribution >= 4 is 5.78 Å². The summed E-state index contributed by atoms with van der Waals surface area (Å²) in [4.78, 5) is 13.7. The Balaban J connectivity index is 2.47. The number of rotatable bonds is 7. The van der Waals surface area contributed by atoms with Crippen molar-refractivity contribution in [2.75, 3.05) is 27.2 Å². The van der Waals surface area contributed by atoms with Gasteiger partial charge in [-0.25, -0.2) is 0 Å². The summed E-state index contributed by atoms with van der Waals surface area (Å²) in [6.45, 7) is 3.56. The van der Waals surface area contributed by atoms with Crippen molar-refractivity contribution < 1.29 is 9.53 Å². The maximum Gasteiger partial charge on any atom is 0.162 e. The maximum absolute atomic E-state index is 11.6. The molecule has 0 spiro atoms. The van der Waals surface area contributed by atoms with Crippen molar-refractivity contribution in [1.29, 1.82) is 0 Å². The third-order valence-electron chi connectivity index (χ3n) is 2.46. The predicted octanol–water partition coefficient (Wildman–Crippen LogP) is 2.61. The first kappa shape index (κ1) is 13.7. The Bertz CT molecular complexity index is 344. The molecule has 0 saturated heterocycles. The zero-order chi connectivity index (χ0) is 12.7. The summed E-state index contributed by atoms with van der Waals surface area (Å²) in [6, 6.07) is 7.39. The molecule has 0 heterocycles. The average molecular weight is 235 g/mol. The third kappa shape index (κ3) is 5.00. The first-order chi connectivity index (χ1) is 8.13. The van der Waals surface area contributed by atoms with Gasteiger partial charge in [-0.3, -0.25) is 4.79 Å². The van der Waals surface area contributed by atoms with E-state index in [9.17, 15) is 4.79 Å². The second-order valence-electron chi connectivity index (χ2n) is 4.35. The lowest BCUT2D eigenvalue weighted by Gasteiger charge is -2.11. The Hall–Kier alpha value is -1.35. The molecule has 0 aliphatic heterocycles. The molecule has 0 aromatic heterocycles. The molecule has 1 aromatic carbocycles. The van der Waals surface area contributed by atoms with Crippen LogP contribution in [0.4, 0.5) is 0 Å². The van der Waals surface area contributed by atoms with E-state index in [-0.39, 0.29) is 5.78 Å². The van der Waals surface area contributed by atoms with E-state index in [0.717, 1.165) is 24.3 Å². The second-order valence-corrected chi connectivity index (χ2v) is 4.35. The van der Waals surface area contributed by atoms with Gasteiger partial charge in [0.05, 0.1) is 0 Å². The van der Waals surface area contributed by atoms with Crippen LogP contribution in [0.15, 0.2) is 24.3 Å². The fourth-order valence-corrected chi connectivity index (χ4v) is 1.45. The molecule has 0 amide bonds. The van der Waals surface area contributed by atoms with Crippen molar-refractivity contribution in [2.45, 2.75) is 19.8 Å². The molecule has 1 aromatic rings. The molecule has 0 aliphatic rings. The van der Waals surface area contributed by atoms with Crippen LogP contribution in [0, 0.1) is 0 Å². The highest BCUT2D eigenvalue weighted by Crippen LogP contribution is 2.13. The van der Waals surface area contributed by atoms with E-state index in [4.69, 9.17) is 4.74 Å². The molecule has 0 atom stereocenters. The number of ether oxygens (including phenoxy) is 1. The molecule has 0 radical (unpaired) electrons. The molecule has 0 bridgehead atoms. The van der Waals surface area contributed by atoms with Crippen molar-refractivity contribution in [3.63, 3.8) is 0 Å².